The summed E-state index contributed by atoms with van der Waals surface area (Å²) in [5.41, 5.74) is 7.67. The van der Waals surface area contributed by atoms with Crippen LogP contribution in [-0.4, -0.2) is 24.2 Å². The predicted octanol–water partition coefficient (Wildman–Crippen LogP) is 3.36. The van der Waals surface area contributed by atoms with Crippen LogP contribution in [0.5, 0.6) is 5.75 Å². The van der Waals surface area contributed by atoms with Crippen LogP contribution in [0.15, 0.2) is 18.2 Å². The minimum Gasteiger partial charge on any atom is -0.497 e. The molecule has 3 N–H and O–H groups in total. The zero-order valence-electron chi connectivity index (χ0n) is 11.1. The van der Waals surface area contributed by atoms with Crippen molar-refractivity contribution in [2.24, 2.45) is 0 Å². The van der Waals surface area contributed by atoms with E-state index in [9.17, 15) is 0 Å². The second-order valence-corrected chi connectivity index (χ2v) is 6.30. The maximum absolute atomic E-state index is 5.86. The molecule has 0 heterocycles. The lowest BCUT2D eigenvalue weighted by molar-refractivity contribution is 0.415. The van der Waals surface area contributed by atoms with Gasteiger partial charge in [-0.1, -0.05) is 6.92 Å². The summed E-state index contributed by atoms with van der Waals surface area (Å²) in [6.45, 7) is 2.23. The van der Waals surface area contributed by atoms with E-state index in [1.165, 1.54) is 25.0 Å². The number of thioether (sulfide) groups is 1. The summed E-state index contributed by atoms with van der Waals surface area (Å²) in [4.78, 5) is 0. The van der Waals surface area contributed by atoms with Crippen LogP contribution in [0, 0.1) is 0 Å². The highest BCUT2D eigenvalue weighted by atomic mass is 32.2. The summed E-state index contributed by atoms with van der Waals surface area (Å²) in [6, 6.07) is 6.40. The Morgan fingerprint density at radius 3 is 2.94 bits per heavy atom. The fourth-order valence-corrected chi connectivity index (χ4v) is 3.66. The largest absolute Gasteiger partial charge is 0.497 e. The third kappa shape index (κ3) is 3.48. The van der Waals surface area contributed by atoms with E-state index in [1.807, 2.05) is 18.2 Å². The van der Waals surface area contributed by atoms with E-state index < -0.39 is 0 Å². The SMILES string of the molecule is CCSC1CCC(Nc2cc(N)cc(OC)c2)C1. The van der Waals surface area contributed by atoms with Gasteiger partial charge in [-0.15, -0.1) is 0 Å². The van der Waals surface area contributed by atoms with Crippen molar-refractivity contribution in [3.8, 4) is 5.75 Å². The molecule has 2 atom stereocenters. The van der Waals surface area contributed by atoms with E-state index in [-0.39, 0.29) is 0 Å². The molecular formula is C14H22N2OS. The van der Waals surface area contributed by atoms with Crippen molar-refractivity contribution in [1.29, 1.82) is 0 Å². The molecular weight excluding hydrogens is 244 g/mol. The minimum atomic E-state index is 0.570. The Hall–Kier alpha value is -1.03. The quantitative estimate of drug-likeness (QED) is 0.802. The number of rotatable bonds is 5. The molecule has 1 aromatic carbocycles. The Bertz CT molecular complexity index is 397. The smallest absolute Gasteiger partial charge is 0.122 e. The molecule has 2 rings (SSSR count). The third-order valence-electron chi connectivity index (χ3n) is 3.32. The van der Waals surface area contributed by atoms with E-state index in [1.54, 1.807) is 7.11 Å². The van der Waals surface area contributed by atoms with Crippen LogP contribution in [0.1, 0.15) is 26.2 Å². The summed E-state index contributed by atoms with van der Waals surface area (Å²) < 4.78 is 5.24. The second-order valence-electron chi connectivity index (χ2n) is 4.73. The van der Waals surface area contributed by atoms with Crippen molar-refractivity contribution in [3.05, 3.63) is 18.2 Å². The van der Waals surface area contributed by atoms with E-state index in [0.29, 0.717) is 6.04 Å². The summed E-state index contributed by atoms with van der Waals surface area (Å²) in [5, 5.41) is 4.39. The molecule has 1 saturated carbocycles. The first-order valence-electron chi connectivity index (χ1n) is 6.54. The van der Waals surface area contributed by atoms with E-state index >= 15 is 0 Å². The maximum Gasteiger partial charge on any atom is 0.122 e. The molecule has 0 amide bonds. The topological polar surface area (TPSA) is 47.3 Å². The number of anilines is 2. The Morgan fingerprint density at radius 2 is 2.22 bits per heavy atom. The van der Waals surface area contributed by atoms with Crippen LogP contribution >= 0.6 is 11.8 Å². The molecule has 1 aliphatic rings. The fourth-order valence-electron chi connectivity index (χ4n) is 2.52. The summed E-state index contributed by atoms with van der Waals surface area (Å²) in [6.07, 6.45) is 3.81. The first-order valence-corrected chi connectivity index (χ1v) is 7.59. The monoisotopic (exact) mass is 266 g/mol. The molecule has 0 bridgehead atoms. The van der Waals surface area contributed by atoms with Gasteiger partial charge in [0, 0.05) is 34.8 Å². The molecule has 0 aliphatic heterocycles. The van der Waals surface area contributed by atoms with Crippen LogP contribution in [0.2, 0.25) is 0 Å². The average Bonchev–Trinajstić information content (AvgIpc) is 2.76. The number of ether oxygens (including phenoxy) is 1. The van der Waals surface area contributed by atoms with Gasteiger partial charge >= 0.3 is 0 Å². The molecule has 100 valence electrons. The van der Waals surface area contributed by atoms with Crippen LogP contribution in [0.25, 0.3) is 0 Å². The fraction of sp³-hybridized carbons (Fsp3) is 0.571. The van der Waals surface area contributed by atoms with Gasteiger partial charge in [0.05, 0.1) is 7.11 Å². The number of nitrogen functional groups attached to an aromatic ring is 1. The Labute approximate surface area is 113 Å². The molecule has 1 aliphatic carbocycles. The Kier molecular flexibility index (Phi) is 4.64. The van der Waals surface area contributed by atoms with Crippen molar-refractivity contribution in [1.82, 2.24) is 0 Å². The molecule has 0 spiro atoms. The zero-order chi connectivity index (χ0) is 13.0. The molecule has 0 radical (unpaired) electrons. The maximum atomic E-state index is 5.86. The highest BCUT2D eigenvalue weighted by Crippen LogP contribution is 2.32. The molecule has 4 heteroatoms. The predicted molar refractivity (Wildman–Crippen MR) is 80.6 cm³/mol. The lowest BCUT2D eigenvalue weighted by Crippen LogP contribution is -2.16. The number of nitrogens with one attached hydrogen (secondary N) is 1. The number of hydrogen-bond acceptors (Lipinski definition) is 4. The third-order valence-corrected chi connectivity index (χ3v) is 4.56. The average molecular weight is 266 g/mol. The normalized spacial score (nSPS) is 23.0. The number of nitrogens with two attached hydrogens (primary N) is 1. The highest BCUT2D eigenvalue weighted by molar-refractivity contribution is 7.99. The number of methoxy groups -OCH3 is 1. The van der Waals surface area contributed by atoms with Gasteiger partial charge in [-0.3, -0.25) is 0 Å². The van der Waals surface area contributed by atoms with Crippen molar-refractivity contribution < 1.29 is 4.74 Å². The van der Waals surface area contributed by atoms with Crippen molar-refractivity contribution in [2.75, 3.05) is 23.9 Å². The Morgan fingerprint density at radius 1 is 1.39 bits per heavy atom. The van der Waals surface area contributed by atoms with Gasteiger partial charge < -0.3 is 15.8 Å². The van der Waals surface area contributed by atoms with Gasteiger partial charge in [0.1, 0.15) is 5.75 Å². The number of benzene rings is 1. The molecule has 0 saturated heterocycles. The summed E-state index contributed by atoms with van der Waals surface area (Å²) in [7, 11) is 1.67. The van der Waals surface area contributed by atoms with Gasteiger partial charge in [0.2, 0.25) is 0 Å². The molecule has 3 nitrogen and oxygen atoms in total. The van der Waals surface area contributed by atoms with Gasteiger partial charge in [0.15, 0.2) is 0 Å². The molecule has 2 unspecified atom stereocenters. The zero-order valence-corrected chi connectivity index (χ0v) is 11.9. The van der Waals surface area contributed by atoms with Gasteiger partial charge in [-0.2, -0.15) is 11.8 Å². The van der Waals surface area contributed by atoms with E-state index in [2.05, 4.69) is 24.0 Å². The van der Waals surface area contributed by atoms with Gasteiger partial charge in [-0.25, -0.2) is 0 Å². The Balaban J connectivity index is 1.95. The highest BCUT2D eigenvalue weighted by Gasteiger charge is 2.24. The van der Waals surface area contributed by atoms with Crippen molar-refractivity contribution in [3.63, 3.8) is 0 Å². The van der Waals surface area contributed by atoms with Gasteiger partial charge in [0.25, 0.3) is 0 Å². The van der Waals surface area contributed by atoms with Crippen LogP contribution in [0.4, 0.5) is 11.4 Å². The van der Waals surface area contributed by atoms with Crippen molar-refractivity contribution >= 4 is 23.1 Å². The standard InChI is InChI=1S/C14H22N2OS/c1-3-18-14-5-4-11(9-14)16-12-6-10(15)7-13(8-12)17-2/h6-8,11,14,16H,3-5,9,15H2,1-2H3. The summed E-state index contributed by atoms with van der Waals surface area (Å²) >= 11 is 2.07. The van der Waals surface area contributed by atoms with Crippen LogP contribution in [-0.2, 0) is 0 Å². The summed E-state index contributed by atoms with van der Waals surface area (Å²) in [5.74, 6) is 2.03. The van der Waals surface area contributed by atoms with Crippen LogP contribution < -0.4 is 15.8 Å². The molecule has 1 fully saturated rings. The molecule has 0 aromatic heterocycles. The lowest BCUT2D eigenvalue weighted by atomic mass is 10.2. The number of hydrogen-bond donors (Lipinski definition) is 2. The first kappa shape index (κ1) is 13.4. The second kappa shape index (κ2) is 6.23. The minimum absolute atomic E-state index is 0.570. The van der Waals surface area contributed by atoms with Crippen molar-refractivity contribution in [2.45, 2.75) is 37.5 Å². The van der Waals surface area contributed by atoms with Gasteiger partial charge in [-0.05, 0) is 31.1 Å². The molecule has 1 aromatic rings. The molecule has 18 heavy (non-hydrogen) atoms. The first-order chi connectivity index (χ1) is 8.71. The van der Waals surface area contributed by atoms with Crippen LogP contribution in [0.3, 0.4) is 0 Å². The van der Waals surface area contributed by atoms with E-state index in [0.717, 1.165) is 22.4 Å². The lowest BCUT2D eigenvalue weighted by Gasteiger charge is -2.15. The van der Waals surface area contributed by atoms with E-state index in [4.69, 9.17) is 10.5 Å².